The average Bonchev–Trinajstić information content (AvgIpc) is 3.02. The topological polar surface area (TPSA) is 86.8 Å². The molecule has 0 aliphatic carbocycles. The molecule has 4 rings (SSSR count). The summed E-state index contributed by atoms with van der Waals surface area (Å²) in [4.78, 5) is 30.2. The van der Waals surface area contributed by atoms with E-state index in [0.717, 1.165) is 38.5 Å². The predicted octanol–water partition coefficient (Wildman–Crippen LogP) is 6.36. The lowest BCUT2D eigenvalue weighted by molar-refractivity contribution is -0.140. The second-order valence-corrected chi connectivity index (χ2v) is 13.5. The highest BCUT2D eigenvalue weighted by Gasteiger charge is 2.35. The molecule has 0 saturated heterocycles. The second kappa shape index (κ2) is 15.0. The maximum Gasteiger partial charge on any atom is 0.264 e. The Morgan fingerprint density at radius 1 is 0.800 bits per heavy atom. The molecule has 0 bridgehead atoms. The van der Waals surface area contributed by atoms with E-state index in [0.29, 0.717) is 5.69 Å². The Kier molecular flexibility index (Phi) is 11.2. The van der Waals surface area contributed by atoms with E-state index in [1.54, 1.807) is 47.4 Å². The fraction of sp³-hybridized carbons (Fsp3) is 0.297. The molecule has 0 spiro atoms. The molecule has 4 aromatic rings. The van der Waals surface area contributed by atoms with Gasteiger partial charge in [0.2, 0.25) is 11.8 Å². The van der Waals surface area contributed by atoms with Crippen LogP contribution in [0.4, 0.5) is 5.69 Å². The Morgan fingerprint density at radius 2 is 1.47 bits per heavy atom. The summed E-state index contributed by atoms with van der Waals surface area (Å²) in [6.07, 6.45) is 1.00. The van der Waals surface area contributed by atoms with Gasteiger partial charge in [0.1, 0.15) is 12.6 Å². The number of sulfonamides is 1. The lowest BCUT2D eigenvalue weighted by Gasteiger charge is -2.34. The van der Waals surface area contributed by atoms with Gasteiger partial charge in [0.25, 0.3) is 10.0 Å². The van der Waals surface area contributed by atoms with Crippen molar-refractivity contribution in [3.05, 3.63) is 131 Å². The number of nitrogens with zero attached hydrogens (tertiary/aromatic N) is 2. The van der Waals surface area contributed by atoms with Gasteiger partial charge >= 0.3 is 0 Å². The van der Waals surface area contributed by atoms with Crippen LogP contribution in [0.1, 0.15) is 48.1 Å². The van der Waals surface area contributed by atoms with Crippen molar-refractivity contribution < 1.29 is 18.0 Å². The van der Waals surface area contributed by atoms with Gasteiger partial charge in [-0.05, 0) is 80.6 Å². The van der Waals surface area contributed by atoms with Crippen molar-refractivity contribution in [2.45, 2.75) is 71.0 Å². The molecule has 45 heavy (non-hydrogen) atoms. The van der Waals surface area contributed by atoms with E-state index in [4.69, 9.17) is 0 Å². The minimum absolute atomic E-state index is 0.0863. The van der Waals surface area contributed by atoms with E-state index in [-0.39, 0.29) is 29.8 Å². The molecule has 236 valence electrons. The summed E-state index contributed by atoms with van der Waals surface area (Å²) in [6, 6.07) is 30.0. The van der Waals surface area contributed by atoms with E-state index in [1.165, 1.54) is 0 Å². The Morgan fingerprint density at radius 3 is 2.11 bits per heavy atom. The monoisotopic (exact) mass is 625 g/mol. The summed E-state index contributed by atoms with van der Waals surface area (Å²) in [5.41, 5.74) is 4.90. The molecule has 4 aromatic carbocycles. The normalized spacial score (nSPS) is 12.6. The number of rotatable bonds is 13. The third-order valence-corrected chi connectivity index (χ3v) is 9.84. The molecule has 2 atom stereocenters. The zero-order valence-electron chi connectivity index (χ0n) is 26.7. The lowest BCUT2D eigenvalue weighted by Crippen LogP contribution is -2.54. The first-order valence-corrected chi connectivity index (χ1v) is 16.8. The molecule has 7 nitrogen and oxygen atoms in total. The minimum atomic E-state index is -4.14. The summed E-state index contributed by atoms with van der Waals surface area (Å²) < 4.78 is 29.5. The summed E-state index contributed by atoms with van der Waals surface area (Å²) in [7, 11) is -4.14. The highest BCUT2D eigenvalue weighted by Crippen LogP contribution is 2.26. The molecule has 2 unspecified atom stereocenters. The third kappa shape index (κ3) is 8.60. The molecule has 1 N–H and O–H groups in total. The molecule has 0 aliphatic rings. The van der Waals surface area contributed by atoms with Crippen molar-refractivity contribution in [2.75, 3.05) is 10.8 Å². The molecule has 8 heteroatoms. The number of benzene rings is 4. The predicted molar refractivity (Wildman–Crippen MR) is 180 cm³/mol. The Balaban J connectivity index is 1.82. The molecule has 0 fully saturated rings. The number of aryl methyl sites for hydroxylation is 3. The highest BCUT2D eigenvalue weighted by molar-refractivity contribution is 7.92. The van der Waals surface area contributed by atoms with Gasteiger partial charge in [-0.25, -0.2) is 8.42 Å². The van der Waals surface area contributed by atoms with Gasteiger partial charge in [0, 0.05) is 19.0 Å². The molecule has 0 saturated carbocycles. The lowest BCUT2D eigenvalue weighted by atomic mass is 10.0. The zero-order chi connectivity index (χ0) is 32.6. The number of amides is 2. The number of carbonyl (C=O) groups excluding carboxylic acids is 2. The van der Waals surface area contributed by atoms with E-state index >= 15 is 0 Å². The molecule has 0 aliphatic heterocycles. The van der Waals surface area contributed by atoms with Crippen LogP contribution in [0.5, 0.6) is 0 Å². The quantitative estimate of drug-likeness (QED) is 0.187. The largest absolute Gasteiger partial charge is 0.352 e. The van der Waals surface area contributed by atoms with Crippen LogP contribution in [0.3, 0.4) is 0 Å². The van der Waals surface area contributed by atoms with Crippen LogP contribution in [0.25, 0.3) is 0 Å². The van der Waals surface area contributed by atoms with Crippen LogP contribution in [0.2, 0.25) is 0 Å². The second-order valence-electron chi connectivity index (χ2n) is 11.6. The Hall–Kier alpha value is -4.43. The number of nitrogens with one attached hydrogen (secondary N) is 1. The highest BCUT2D eigenvalue weighted by atomic mass is 32.2. The van der Waals surface area contributed by atoms with Crippen LogP contribution < -0.4 is 9.62 Å². The number of anilines is 1. The van der Waals surface area contributed by atoms with Gasteiger partial charge in [-0.3, -0.25) is 13.9 Å². The molecule has 0 heterocycles. The molecular weight excluding hydrogens is 582 g/mol. The average molecular weight is 626 g/mol. The van der Waals surface area contributed by atoms with E-state index < -0.39 is 28.5 Å². The van der Waals surface area contributed by atoms with Gasteiger partial charge < -0.3 is 10.2 Å². The summed E-state index contributed by atoms with van der Waals surface area (Å²) in [6.45, 7) is 9.31. The Labute approximate surface area is 268 Å². The molecule has 0 aromatic heterocycles. The van der Waals surface area contributed by atoms with Crippen LogP contribution in [-0.2, 0) is 32.6 Å². The van der Waals surface area contributed by atoms with Gasteiger partial charge in [-0.15, -0.1) is 0 Å². The van der Waals surface area contributed by atoms with Gasteiger partial charge in [0.15, 0.2) is 0 Å². The summed E-state index contributed by atoms with van der Waals surface area (Å²) in [5.74, 6) is -0.755. The fourth-order valence-corrected chi connectivity index (χ4v) is 6.52. The zero-order valence-corrected chi connectivity index (χ0v) is 27.6. The molecule has 2 amide bonds. The van der Waals surface area contributed by atoms with Crippen molar-refractivity contribution in [1.82, 2.24) is 10.2 Å². The van der Waals surface area contributed by atoms with Crippen molar-refractivity contribution in [2.24, 2.45) is 0 Å². The Bertz CT molecular complexity index is 1710. The van der Waals surface area contributed by atoms with Gasteiger partial charge in [-0.2, -0.15) is 0 Å². The number of hydrogen-bond acceptors (Lipinski definition) is 4. The smallest absolute Gasteiger partial charge is 0.264 e. The first kappa shape index (κ1) is 33.5. The van der Waals surface area contributed by atoms with E-state index in [2.05, 4.69) is 5.32 Å². The maximum atomic E-state index is 14.6. The van der Waals surface area contributed by atoms with Crippen molar-refractivity contribution >= 4 is 27.5 Å². The molecular formula is C37H43N3O4S. The SMILES string of the molecule is CCC(C)NC(=O)C(Cc1ccccc1)N(Cc1ccccc1C)C(=O)CN(c1cccc(C)c1)S(=O)(=O)c1ccc(C)cc1. The van der Waals surface area contributed by atoms with Crippen LogP contribution >= 0.6 is 0 Å². The van der Waals surface area contributed by atoms with Crippen molar-refractivity contribution in [3.8, 4) is 0 Å². The van der Waals surface area contributed by atoms with Crippen LogP contribution in [0.15, 0.2) is 108 Å². The first-order valence-electron chi connectivity index (χ1n) is 15.3. The minimum Gasteiger partial charge on any atom is -0.352 e. The number of carbonyl (C=O) groups is 2. The van der Waals surface area contributed by atoms with Crippen LogP contribution in [-0.4, -0.2) is 43.8 Å². The summed E-state index contributed by atoms with van der Waals surface area (Å²) >= 11 is 0. The first-order chi connectivity index (χ1) is 21.5. The summed E-state index contributed by atoms with van der Waals surface area (Å²) in [5, 5.41) is 3.07. The fourth-order valence-electron chi connectivity index (χ4n) is 5.12. The maximum absolute atomic E-state index is 14.6. The molecule has 0 radical (unpaired) electrons. The third-order valence-electron chi connectivity index (χ3n) is 8.05. The van der Waals surface area contributed by atoms with Gasteiger partial charge in [0.05, 0.1) is 10.6 Å². The van der Waals surface area contributed by atoms with Crippen LogP contribution in [0, 0.1) is 20.8 Å². The van der Waals surface area contributed by atoms with Gasteiger partial charge in [-0.1, -0.05) is 91.3 Å². The van der Waals surface area contributed by atoms with E-state index in [1.807, 2.05) is 95.3 Å². The van der Waals surface area contributed by atoms with Crippen molar-refractivity contribution in [1.29, 1.82) is 0 Å². The van der Waals surface area contributed by atoms with Crippen molar-refractivity contribution in [3.63, 3.8) is 0 Å². The van der Waals surface area contributed by atoms with E-state index in [9.17, 15) is 18.0 Å². The number of hydrogen-bond donors (Lipinski definition) is 1. The standard InChI is InChI=1S/C37H43N3O4S/c1-6-30(5)38-37(42)35(24-31-15-8-7-9-16-31)39(25-32-17-11-10-14-29(32)4)36(41)26-40(33-18-12-13-28(3)23-33)45(43,44)34-21-19-27(2)20-22-34/h7-23,30,35H,6,24-26H2,1-5H3,(H,38,42).